The van der Waals surface area contributed by atoms with Gasteiger partial charge in [-0.2, -0.15) is 13.2 Å². The molecule has 1 aromatic heterocycles. The lowest BCUT2D eigenvalue weighted by Crippen LogP contribution is -2.06. The zero-order chi connectivity index (χ0) is 13.3. The van der Waals surface area contributed by atoms with Crippen LogP contribution in [0.1, 0.15) is 24.0 Å². The van der Waals surface area contributed by atoms with Gasteiger partial charge in [-0.3, -0.25) is 4.98 Å². The minimum atomic E-state index is -4.41. The molecule has 0 bridgehead atoms. The van der Waals surface area contributed by atoms with Crippen molar-refractivity contribution in [3.8, 4) is 0 Å². The van der Waals surface area contributed by atoms with Gasteiger partial charge in [-0.05, 0) is 17.0 Å². The van der Waals surface area contributed by atoms with Crippen LogP contribution in [0.2, 0.25) is 0 Å². The Labute approximate surface area is 102 Å². The molecule has 0 aliphatic heterocycles. The number of aliphatic hydroxyl groups excluding tert-OH is 1. The molecule has 2 nitrogen and oxygen atoms in total. The summed E-state index contributed by atoms with van der Waals surface area (Å²) in [6.45, 7) is 1.76. The molecular weight excluding hydrogens is 243 g/mol. The van der Waals surface area contributed by atoms with E-state index in [4.69, 9.17) is 5.11 Å². The van der Waals surface area contributed by atoms with Gasteiger partial charge in [0.25, 0.3) is 0 Å². The number of aliphatic hydroxyl groups is 1. The van der Waals surface area contributed by atoms with Crippen LogP contribution in [-0.2, 0) is 6.18 Å². The van der Waals surface area contributed by atoms with E-state index in [-0.39, 0.29) is 17.9 Å². The van der Waals surface area contributed by atoms with Crippen molar-refractivity contribution in [1.82, 2.24) is 4.98 Å². The normalized spacial score (nSPS) is 13.8. The quantitative estimate of drug-likeness (QED) is 0.892. The van der Waals surface area contributed by atoms with Crippen molar-refractivity contribution in [1.29, 1.82) is 0 Å². The standard InChI is InChI=1S/C13H12F3NO/c1-8(7-18)9-2-3-11-10(4-9)5-17-6-12(11)13(14,15)16/h2-6,8,18H,7H2,1H3. The maximum absolute atomic E-state index is 12.8. The van der Waals surface area contributed by atoms with E-state index >= 15 is 0 Å². The van der Waals surface area contributed by atoms with Crippen molar-refractivity contribution in [2.75, 3.05) is 6.61 Å². The summed E-state index contributed by atoms with van der Waals surface area (Å²) in [5.41, 5.74) is 0.0642. The SMILES string of the molecule is CC(CO)c1ccc2c(C(F)(F)F)cncc2c1. The highest BCUT2D eigenvalue weighted by atomic mass is 19.4. The van der Waals surface area contributed by atoms with Gasteiger partial charge in [-0.25, -0.2) is 0 Å². The smallest absolute Gasteiger partial charge is 0.396 e. The molecule has 1 atom stereocenters. The molecule has 5 heteroatoms. The van der Waals surface area contributed by atoms with Gasteiger partial charge in [0.1, 0.15) is 0 Å². The summed E-state index contributed by atoms with van der Waals surface area (Å²) in [6, 6.07) is 4.68. The number of halogens is 3. The minimum Gasteiger partial charge on any atom is -0.396 e. The molecule has 0 aliphatic carbocycles. The Balaban J connectivity index is 2.61. The summed E-state index contributed by atoms with van der Waals surface area (Å²) in [6.07, 6.45) is -2.17. The van der Waals surface area contributed by atoms with E-state index in [0.29, 0.717) is 5.39 Å². The molecule has 0 aliphatic rings. The molecule has 1 aromatic carbocycles. The largest absolute Gasteiger partial charge is 0.418 e. The third kappa shape index (κ3) is 2.31. The molecule has 0 radical (unpaired) electrons. The van der Waals surface area contributed by atoms with Gasteiger partial charge in [-0.1, -0.05) is 19.1 Å². The van der Waals surface area contributed by atoms with E-state index in [1.54, 1.807) is 12.1 Å². The summed E-state index contributed by atoms with van der Waals surface area (Å²) in [5, 5.41) is 9.61. The first kappa shape index (κ1) is 12.8. The Kier molecular flexibility index (Phi) is 3.26. The molecule has 1 heterocycles. The Bertz CT molecular complexity index is 566. The first-order chi connectivity index (χ1) is 8.43. The van der Waals surface area contributed by atoms with E-state index in [1.807, 2.05) is 6.92 Å². The van der Waals surface area contributed by atoms with E-state index in [9.17, 15) is 13.2 Å². The highest BCUT2D eigenvalue weighted by Gasteiger charge is 2.32. The molecule has 0 spiro atoms. The fraction of sp³-hybridized carbons (Fsp3) is 0.308. The third-order valence-electron chi connectivity index (χ3n) is 2.93. The van der Waals surface area contributed by atoms with Crippen LogP contribution >= 0.6 is 0 Å². The summed E-state index contributed by atoms with van der Waals surface area (Å²) < 4.78 is 38.3. The summed E-state index contributed by atoms with van der Waals surface area (Å²) >= 11 is 0. The molecule has 0 saturated heterocycles. The highest BCUT2D eigenvalue weighted by molar-refractivity contribution is 5.85. The first-order valence-electron chi connectivity index (χ1n) is 5.49. The number of alkyl halides is 3. The number of hydrogen-bond acceptors (Lipinski definition) is 2. The lowest BCUT2D eigenvalue weighted by Gasteiger charge is -2.12. The van der Waals surface area contributed by atoms with Crippen LogP contribution in [-0.4, -0.2) is 16.7 Å². The third-order valence-corrected chi connectivity index (χ3v) is 2.93. The molecule has 0 saturated carbocycles. The van der Waals surface area contributed by atoms with E-state index < -0.39 is 11.7 Å². The Morgan fingerprint density at radius 3 is 2.61 bits per heavy atom. The van der Waals surface area contributed by atoms with Gasteiger partial charge in [0.05, 0.1) is 5.56 Å². The molecule has 18 heavy (non-hydrogen) atoms. The van der Waals surface area contributed by atoms with Crippen molar-refractivity contribution in [2.24, 2.45) is 0 Å². The van der Waals surface area contributed by atoms with E-state index in [1.165, 1.54) is 12.3 Å². The van der Waals surface area contributed by atoms with Gasteiger partial charge in [0.15, 0.2) is 0 Å². The molecule has 0 amide bonds. The van der Waals surface area contributed by atoms with Gasteiger partial charge >= 0.3 is 6.18 Å². The molecule has 96 valence electrons. The molecule has 1 unspecified atom stereocenters. The van der Waals surface area contributed by atoms with Gasteiger partial charge in [0, 0.05) is 30.3 Å². The summed E-state index contributed by atoms with van der Waals surface area (Å²) in [4.78, 5) is 3.62. The molecule has 2 aromatic rings. The van der Waals surface area contributed by atoms with Crippen LogP contribution in [0.3, 0.4) is 0 Å². The lowest BCUT2D eigenvalue weighted by molar-refractivity contribution is -0.136. The highest BCUT2D eigenvalue weighted by Crippen LogP contribution is 2.34. The number of aromatic nitrogens is 1. The monoisotopic (exact) mass is 255 g/mol. The Morgan fingerprint density at radius 2 is 2.00 bits per heavy atom. The molecule has 1 N–H and O–H groups in total. The summed E-state index contributed by atoms with van der Waals surface area (Å²) in [7, 11) is 0. The van der Waals surface area contributed by atoms with Crippen LogP contribution in [0.25, 0.3) is 10.8 Å². The second-order valence-corrected chi connectivity index (χ2v) is 4.25. The average Bonchev–Trinajstić information content (AvgIpc) is 2.35. The average molecular weight is 255 g/mol. The fourth-order valence-corrected chi connectivity index (χ4v) is 1.83. The topological polar surface area (TPSA) is 33.1 Å². The number of benzene rings is 1. The number of rotatable bonds is 2. The predicted octanol–water partition coefficient (Wildman–Crippen LogP) is 3.35. The molecule has 0 fully saturated rings. The minimum absolute atomic E-state index is 0.0438. The predicted molar refractivity (Wildman–Crippen MR) is 62.2 cm³/mol. The van der Waals surface area contributed by atoms with Crippen LogP contribution in [0, 0.1) is 0 Å². The lowest BCUT2D eigenvalue weighted by atomic mass is 9.98. The van der Waals surface area contributed by atoms with Crippen LogP contribution in [0.4, 0.5) is 13.2 Å². The van der Waals surface area contributed by atoms with Gasteiger partial charge in [0.2, 0.25) is 0 Å². The summed E-state index contributed by atoms with van der Waals surface area (Å²) in [5.74, 6) is -0.107. The number of hydrogen-bond donors (Lipinski definition) is 1. The fourth-order valence-electron chi connectivity index (χ4n) is 1.83. The number of fused-ring (bicyclic) bond motifs is 1. The van der Waals surface area contributed by atoms with E-state index in [0.717, 1.165) is 11.8 Å². The van der Waals surface area contributed by atoms with Crippen molar-refractivity contribution in [3.63, 3.8) is 0 Å². The second-order valence-electron chi connectivity index (χ2n) is 4.25. The maximum Gasteiger partial charge on any atom is 0.418 e. The van der Waals surface area contributed by atoms with Crippen LogP contribution < -0.4 is 0 Å². The van der Waals surface area contributed by atoms with Crippen molar-refractivity contribution in [3.05, 3.63) is 41.7 Å². The second kappa shape index (κ2) is 4.57. The van der Waals surface area contributed by atoms with Crippen LogP contribution in [0.5, 0.6) is 0 Å². The molecular formula is C13H12F3NO. The zero-order valence-electron chi connectivity index (χ0n) is 9.70. The van der Waals surface area contributed by atoms with Crippen LogP contribution in [0.15, 0.2) is 30.6 Å². The number of pyridine rings is 1. The van der Waals surface area contributed by atoms with E-state index in [2.05, 4.69) is 4.98 Å². The Hall–Kier alpha value is -1.62. The van der Waals surface area contributed by atoms with Crippen molar-refractivity contribution >= 4 is 10.8 Å². The maximum atomic E-state index is 12.8. The van der Waals surface area contributed by atoms with Gasteiger partial charge in [-0.15, -0.1) is 0 Å². The molecule has 2 rings (SSSR count). The van der Waals surface area contributed by atoms with Gasteiger partial charge < -0.3 is 5.11 Å². The van der Waals surface area contributed by atoms with Crippen molar-refractivity contribution < 1.29 is 18.3 Å². The first-order valence-corrected chi connectivity index (χ1v) is 5.49. The number of nitrogens with zero attached hydrogens (tertiary/aromatic N) is 1. The van der Waals surface area contributed by atoms with Crippen molar-refractivity contribution in [2.45, 2.75) is 19.0 Å². The zero-order valence-corrected chi connectivity index (χ0v) is 9.70. The Morgan fingerprint density at radius 1 is 1.28 bits per heavy atom.